The Bertz CT molecular complexity index is 926. The monoisotopic (exact) mass is 382 g/mol. The molecule has 0 aliphatic carbocycles. The zero-order valence-electron chi connectivity index (χ0n) is 16.8. The van der Waals surface area contributed by atoms with Crippen LogP contribution in [-0.2, 0) is 0 Å². The molecule has 0 fully saturated rings. The largest absolute Gasteiger partial charge is 0.516 e. The molecule has 2 N–H and O–H groups in total. The van der Waals surface area contributed by atoms with Gasteiger partial charge in [-0.2, -0.15) is 5.12 Å². The Labute approximate surface area is 165 Å². The van der Waals surface area contributed by atoms with E-state index in [1.807, 2.05) is 44.2 Å². The Morgan fingerprint density at radius 3 is 2.82 bits per heavy atom. The van der Waals surface area contributed by atoms with Gasteiger partial charge in [0.25, 0.3) is 0 Å². The van der Waals surface area contributed by atoms with Crippen molar-refractivity contribution >= 4 is 16.6 Å². The van der Waals surface area contributed by atoms with Crippen molar-refractivity contribution in [1.82, 2.24) is 15.4 Å². The first kappa shape index (κ1) is 21.2. The number of benzene rings is 1. The summed E-state index contributed by atoms with van der Waals surface area (Å²) in [5.74, 6) is 0.257. The maximum Gasteiger partial charge on any atom is 0.176 e. The third-order valence-electron chi connectivity index (χ3n) is 4.14. The van der Waals surface area contributed by atoms with Gasteiger partial charge >= 0.3 is 0 Å². The zero-order valence-corrected chi connectivity index (χ0v) is 16.8. The average molecular weight is 382 g/mol. The molecule has 1 aromatic carbocycles. The minimum atomic E-state index is 0.0621. The highest BCUT2D eigenvalue weighted by atomic mass is 19.2. The number of aliphatic hydroxyl groups is 1. The van der Waals surface area contributed by atoms with Crippen molar-refractivity contribution < 1.29 is 9.59 Å². The van der Waals surface area contributed by atoms with Crippen molar-refractivity contribution in [3.05, 3.63) is 77.6 Å². The molecule has 148 valence electrons. The molecule has 0 spiro atoms. The first-order valence-electron chi connectivity index (χ1n) is 9.36. The molecule has 0 saturated carbocycles. The number of pyridine rings is 1. The van der Waals surface area contributed by atoms with Crippen molar-refractivity contribution in [1.29, 1.82) is 0 Å². The molecule has 2 heterocycles. The minimum absolute atomic E-state index is 0.0621. The van der Waals surface area contributed by atoms with Crippen molar-refractivity contribution in [2.45, 2.75) is 27.7 Å². The van der Waals surface area contributed by atoms with Gasteiger partial charge in [-0.1, -0.05) is 48.2 Å². The van der Waals surface area contributed by atoms with Gasteiger partial charge in [-0.05, 0) is 32.1 Å². The predicted octanol–water partition coefficient (Wildman–Crippen LogP) is 5.05. The number of nitrogens with zero attached hydrogens (tertiary/aromatic N) is 3. The van der Waals surface area contributed by atoms with E-state index in [1.165, 1.54) is 6.08 Å². The van der Waals surface area contributed by atoms with E-state index < -0.39 is 0 Å². The van der Waals surface area contributed by atoms with E-state index in [0.29, 0.717) is 17.4 Å². The van der Waals surface area contributed by atoms with E-state index in [9.17, 15) is 4.48 Å². The van der Waals surface area contributed by atoms with Gasteiger partial charge in [0.05, 0.1) is 36.3 Å². The number of hydrogen-bond donors (Lipinski definition) is 2. The van der Waals surface area contributed by atoms with Crippen LogP contribution in [0.3, 0.4) is 0 Å². The van der Waals surface area contributed by atoms with Crippen LogP contribution < -0.4 is 5.32 Å². The van der Waals surface area contributed by atoms with Crippen LogP contribution in [0.2, 0.25) is 0 Å². The molecule has 0 bridgehead atoms. The van der Waals surface area contributed by atoms with E-state index in [0.717, 1.165) is 34.0 Å². The molecule has 0 saturated heterocycles. The second-order valence-electron chi connectivity index (χ2n) is 6.11. The molecule has 2 aromatic rings. The average Bonchev–Trinajstić information content (AvgIpc) is 2.73. The molecule has 1 aliphatic heterocycles. The maximum atomic E-state index is 14.7. The number of hydrogen-bond acceptors (Lipinski definition) is 5. The summed E-state index contributed by atoms with van der Waals surface area (Å²) in [6.07, 6.45) is 5.78. The first-order chi connectivity index (χ1) is 13.6. The molecule has 5 nitrogen and oxygen atoms in total. The topological polar surface area (TPSA) is 60.8 Å². The third-order valence-corrected chi connectivity index (χ3v) is 4.14. The molecule has 1 aliphatic rings. The summed E-state index contributed by atoms with van der Waals surface area (Å²) in [7, 11) is 0. The highest BCUT2D eigenvalue weighted by molar-refractivity contribution is 6.12. The molecule has 0 unspecified atom stereocenters. The van der Waals surface area contributed by atoms with Gasteiger partial charge in [0.1, 0.15) is 0 Å². The van der Waals surface area contributed by atoms with E-state index in [-0.39, 0.29) is 12.4 Å². The summed E-state index contributed by atoms with van der Waals surface area (Å²) in [5.41, 5.74) is 4.03. The van der Waals surface area contributed by atoms with Crippen LogP contribution in [0, 0.1) is 0 Å². The quantitative estimate of drug-likeness (QED) is 0.432. The number of rotatable bonds is 5. The Morgan fingerprint density at radius 2 is 2.07 bits per heavy atom. The van der Waals surface area contributed by atoms with Crippen LogP contribution in [0.25, 0.3) is 10.9 Å². The Kier molecular flexibility index (Phi) is 7.75. The summed E-state index contributed by atoms with van der Waals surface area (Å²) in [6, 6.07) is 9.73. The van der Waals surface area contributed by atoms with Crippen LogP contribution >= 0.6 is 0 Å². The van der Waals surface area contributed by atoms with Crippen molar-refractivity contribution in [3.8, 4) is 0 Å². The number of aliphatic imine (C=N–C) groups is 1. The second-order valence-corrected chi connectivity index (χ2v) is 6.11. The predicted molar refractivity (Wildman–Crippen MR) is 114 cm³/mol. The lowest BCUT2D eigenvalue weighted by Crippen LogP contribution is -2.31. The lowest BCUT2D eigenvalue weighted by Gasteiger charge is -2.24. The fourth-order valence-electron chi connectivity index (χ4n) is 2.85. The molecule has 0 atom stereocenters. The lowest BCUT2D eigenvalue weighted by molar-refractivity contribution is 0.0785. The van der Waals surface area contributed by atoms with Crippen molar-refractivity contribution in [3.63, 3.8) is 0 Å². The Hall–Kier alpha value is -3.15. The van der Waals surface area contributed by atoms with Crippen LogP contribution in [-0.4, -0.2) is 34.0 Å². The zero-order chi connectivity index (χ0) is 20.5. The van der Waals surface area contributed by atoms with Gasteiger partial charge in [0.15, 0.2) is 5.82 Å². The second kappa shape index (κ2) is 10.3. The number of halogens is 1. The maximum absolute atomic E-state index is 14.7. The minimum Gasteiger partial charge on any atom is -0.516 e. The molecule has 3 rings (SSSR count). The van der Waals surface area contributed by atoms with Crippen molar-refractivity contribution in [2.75, 3.05) is 13.1 Å². The molecular formula is C22H27FN4O. The molecule has 0 amide bonds. The highest BCUT2D eigenvalue weighted by Gasteiger charge is 2.20. The van der Waals surface area contributed by atoms with E-state index in [2.05, 4.69) is 15.3 Å². The number of aromatic nitrogens is 1. The number of allylic oxidation sites excluding steroid dienone is 3. The lowest BCUT2D eigenvalue weighted by atomic mass is 10.0. The molecule has 6 heteroatoms. The van der Waals surface area contributed by atoms with Crippen molar-refractivity contribution in [2.24, 2.45) is 4.99 Å². The highest BCUT2D eigenvalue weighted by Crippen LogP contribution is 2.22. The normalized spacial score (nSPS) is 14.5. The first-order valence-corrected chi connectivity index (χ1v) is 9.36. The summed E-state index contributed by atoms with van der Waals surface area (Å²) >= 11 is 0. The fraction of sp³-hybridized carbons (Fsp3) is 0.273. The number of nitrogens with one attached hydrogen (secondary N) is 1. The summed E-state index contributed by atoms with van der Waals surface area (Å²) < 4.78 is 14.7. The summed E-state index contributed by atoms with van der Waals surface area (Å²) in [5, 5.41) is 13.5. The van der Waals surface area contributed by atoms with E-state index in [4.69, 9.17) is 5.11 Å². The molecule has 0 radical (unpaired) electrons. The molecular weight excluding hydrogens is 355 g/mol. The van der Waals surface area contributed by atoms with Gasteiger partial charge in [0.2, 0.25) is 0 Å². The third kappa shape index (κ3) is 4.97. The van der Waals surface area contributed by atoms with Gasteiger partial charge in [-0.15, -0.1) is 0 Å². The summed E-state index contributed by atoms with van der Waals surface area (Å²) in [6.45, 7) is 8.19. The smallest absolute Gasteiger partial charge is 0.176 e. The summed E-state index contributed by atoms with van der Waals surface area (Å²) in [4.78, 5) is 8.95. The number of fused-ring (bicyclic) bond motifs is 1. The van der Waals surface area contributed by atoms with Gasteiger partial charge in [-0.25, -0.2) is 4.99 Å². The van der Waals surface area contributed by atoms with Crippen LogP contribution in [0.15, 0.2) is 77.0 Å². The number of aliphatic hydroxyl groups excluding tert-OH is 1. The fourth-order valence-corrected chi connectivity index (χ4v) is 2.85. The van der Waals surface area contributed by atoms with Crippen LogP contribution in [0.1, 0.15) is 33.3 Å². The van der Waals surface area contributed by atoms with Gasteiger partial charge in [0, 0.05) is 17.1 Å². The van der Waals surface area contributed by atoms with Gasteiger partial charge < -0.3 is 10.4 Å². The standard InChI is InChI=1S/C20H21FN4O.C2H6/c1-14(6-5-11-26)13-25(21)20-15(2)23-12-19(24-20)17-7-3-9-18-16(17)8-4-10-22-18;1-2/h3-11,23,26H,12-13H2,1-2H3;1-2H3/b11-5-,14-6+;. The van der Waals surface area contributed by atoms with Crippen LogP contribution in [0.5, 0.6) is 0 Å². The Morgan fingerprint density at radius 1 is 1.29 bits per heavy atom. The molecule has 28 heavy (non-hydrogen) atoms. The van der Waals surface area contributed by atoms with Crippen LogP contribution in [0.4, 0.5) is 4.48 Å². The van der Waals surface area contributed by atoms with E-state index in [1.54, 1.807) is 26.1 Å². The van der Waals surface area contributed by atoms with Gasteiger partial charge in [-0.3, -0.25) is 4.98 Å². The van der Waals surface area contributed by atoms with E-state index >= 15 is 0 Å². The SMILES string of the molecule is CC.CC1=C(N(F)C/C(C)=C/C=C\O)N=C(c2cccc3ncccc23)CN1. The molecule has 1 aromatic heterocycles. The Balaban J connectivity index is 0.00000136.